The normalized spacial score (nSPS) is 12.6. The number of ether oxygens (including phenoxy) is 2. The average molecular weight is 863 g/mol. The predicted molar refractivity (Wildman–Crippen MR) is 208 cm³/mol. The number of carbonyl (C=O) groups excluding carboxylic acids is 3. The number of fused-ring (bicyclic) bond motifs is 1. The van der Waals surface area contributed by atoms with Crippen LogP contribution in [0.15, 0.2) is 59.5 Å². The third-order valence-corrected chi connectivity index (χ3v) is 10.1. The van der Waals surface area contributed by atoms with Gasteiger partial charge in [-0.1, -0.05) is 12.1 Å². The zero-order valence-corrected chi connectivity index (χ0v) is 33.8. The Bertz CT molecular complexity index is 2220. The molecule has 4 aromatic rings. The molecule has 1 amide bonds. The highest BCUT2D eigenvalue weighted by Crippen LogP contribution is 2.50. The molecule has 0 bridgehead atoms. The number of hydrogen-bond donors (Lipinski definition) is 5. The highest BCUT2D eigenvalue weighted by atomic mass is 31.2. The molecule has 0 aliphatic carbocycles. The van der Waals surface area contributed by atoms with Gasteiger partial charge in [-0.15, -0.1) is 9.05 Å². The summed E-state index contributed by atoms with van der Waals surface area (Å²) in [7, 11) is -6.72. The second-order valence-electron chi connectivity index (χ2n) is 11.8. The zero-order valence-electron chi connectivity index (χ0n) is 32.0. The number of carbonyl (C=O) groups is 4. The number of nitrogen functional groups attached to an aromatic ring is 1. The first-order valence-electron chi connectivity index (χ1n) is 17.9. The van der Waals surface area contributed by atoms with E-state index >= 15 is 0 Å². The number of nitrogens with zero attached hydrogens (tertiary/aromatic N) is 3. The van der Waals surface area contributed by atoms with Crippen molar-refractivity contribution in [2.24, 2.45) is 0 Å². The zero-order chi connectivity index (χ0) is 43.0. The van der Waals surface area contributed by atoms with E-state index in [4.69, 9.17) is 37.8 Å². The van der Waals surface area contributed by atoms with Gasteiger partial charge in [-0.3, -0.25) is 32.9 Å². The SMILES string of the molecule is CCO[P+](=O)OCC(COC(=O)c1ccccc1OC(=O)CC[C@@H](NC(=O)c1ccc(NCc2cnc3nc(N)[nH]c(=O)c3n2)cc1)C(=O)O)OP(=O)(OCC)OCC. The molecule has 6 N–H and O–H groups in total. The van der Waals surface area contributed by atoms with Gasteiger partial charge in [-0.05, 0) is 63.6 Å². The fraction of sp³-hybridized carbons (Fsp3) is 0.371. The average Bonchev–Trinajstić information content (AvgIpc) is 3.20. The Balaban J connectivity index is 1.31. The van der Waals surface area contributed by atoms with Crippen molar-refractivity contribution in [3.8, 4) is 5.75 Å². The molecule has 4 rings (SSSR count). The number of aromatic nitrogens is 4. The number of aromatic amines is 1. The van der Waals surface area contributed by atoms with E-state index in [1.165, 1.54) is 42.6 Å². The Kier molecular flexibility index (Phi) is 17.5. The molecule has 0 aliphatic heterocycles. The summed E-state index contributed by atoms with van der Waals surface area (Å²) in [6.45, 7) is 3.75. The van der Waals surface area contributed by atoms with Crippen LogP contribution in [0.25, 0.3) is 11.2 Å². The number of anilines is 2. The number of H-pyrrole nitrogens is 1. The van der Waals surface area contributed by atoms with Gasteiger partial charge >= 0.3 is 34.0 Å². The number of nitrogens with one attached hydrogen (secondary N) is 3. The van der Waals surface area contributed by atoms with Crippen molar-refractivity contribution in [3.05, 3.63) is 81.9 Å². The number of nitrogens with two attached hydrogens (primary N) is 1. The second kappa shape index (κ2) is 22.4. The molecular weight excluding hydrogens is 820 g/mol. The number of rotatable bonds is 24. The lowest BCUT2D eigenvalue weighted by Crippen LogP contribution is -2.41. The third kappa shape index (κ3) is 14.3. The van der Waals surface area contributed by atoms with Gasteiger partial charge in [0.15, 0.2) is 11.2 Å². The number of para-hydroxylation sites is 1. The maximum absolute atomic E-state index is 13.1. The number of benzene rings is 2. The number of phosphoric acid groups is 1. The van der Waals surface area contributed by atoms with Gasteiger partial charge in [-0.2, -0.15) is 4.98 Å². The van der Waals surface area contributed by atoms with E-state index in [2.05, 4.69) is 30.6 Å². The first-order valence-corrected chi connectivity index (χ1v) is 20.5. The lowest BCUT2D eigenvalue weighted by atomic mass is 10.1. The molecule has 22 nitrogen and oxygen atoms in total. The van der Waals surface area contributed by atoms with E-state index in [0.29, 0.717) is 11.4 Å². The Hall–Kier alpha value is -5.73. The number of aliphatic carboxylic acids is 1. The molecular formula is C35H42N7O15P2+. The molecule has 0 saturated heterocycles. The summed E-state index contributed by atoms with van der Waals surface area (Å²) in [5.41, 5.74) is 6.02. The van der Waals surface area contributed by atoms with Gasteiger partial charge in [-0.25, -0.2) is 24.1 Å². The molecule has 0 radical (unpaired) electrons. The van der Waals surface area contributed by atoms with Crippen LogP contribution < -0.4 is 26.7 Å². The van der Waals surface area contributed by atoms with Crippen LogP contribution in [0.5, 0.6) is 5.75 Å². The molecule has 2 aromatic heterocycles. The monoisotopic (exact) mass is 862 g/mol. The maximum atomic E-state index is 13.1. The lowest BCUT2D eigenvalue weighted by Gasteiger charge is -2.22. The van der Waals surface area contributed by atoms with Crippen LogP contribution in [0.3, 0.4) is 0 Å². The highest BCUT2D eigenvalue weighted by Gasteiger charge is 2.34. The van der Waals surface area contributed by atoms with Crippen molar-refractivity contribution in [3.63, 3.8) is 0 Å². The summed E-state index contributed by atoms with van der Waals surface area (Å²) in [4.78, 5) is 77.7. The number of phosphoric ester groups is 1. The van der Waals surface area contributed by atoms with Crippen LogP contribution in [-0.2, 0) is 52.6 Å². The van der Waals surface area contributed by atoms with Gasteiger partial charge in [0.1, 0.15) is 43.3 Å². The molecule has 3 atom stereocenters. The van der Waals surface area contributed by atoms with Crippen molar-refractivity contribution in [1.29, 1.82) is 0 Å². The fourth-order valence-electron chi connectivity index (χ4n) is 4.89. The predicted octanol–water partition coefficient (Wildman–Crippen LogP) is 3.91. The van der Waals surface area contributed by atoms with Gasteiger partial charge < -0.3 is 30.9 Å². The molecule has 316 valence electrons. The molecule has 59 heavy (non-hydrogen) atoms. The van der Waals surface area contributed by atoms with Crippen molar-refractivity contribution in [2.45, 2.75) is 52.3 Å². The van der Waals surface area contributed by atoms with E-state index in [1.54, 1.807) is 32.9 Å². The lowest BCUT2D eigenvalue weighted by molar-refractivity contribution is -0.140. The van der Waals surface area contributed by atoms with E-state index < -0.39 is 77.2 Å². The molecule has 0 fully saturated rings. The largest absolute Gasteiger partial charge is 0.697 e. The Morgan fingerprint density at radius 2 is 1.68 bits per heavy atom. The minimum atomic E-state index is -4.15. The molecule has 0 aliphatic rings. The van der Waals surface area contributed by atoms with E-state index in [0.717, 1.165) is 0 Å². The number of carboxylic acid groups (broad SMARTS) is 1. The summed E-state index contributed by atoms with van der Waals surface area (Å²) < 4.78 is 61.3. The van der Waals surface area contributed by atoms with Crippen molar-refractivity contribution in [2.75, 3.05) is 44.1 Å². The quantitative estimate of drug-likeness (QED) is 0.0379. The number of esters is 2. The second-order valence-corrected chi connectivity index (χ2v) is 14.4. The summed E-state index contributed by atoms with van der Waals surface area (Å²) in [6.07, 6.45) is -0.728. The molecule has 0 saturated carbocycles. The first kappa shape index (κ1) is 46.0. The van der Waals surface area contributed by atoms with Gasteiger partial charge in [0.25, 0.3) is 11.5 Å². The van der Waals surface area contributed by atoms with Crippen molar-refractivity contribution >= 4 is 62.7 Å². The van der Waals surface area contributed by atoms with Crippen molar-refractivity contribution in [1.82, 2.24) is 25.3 Å². The fourth-order valence-corrected chi connectivity index (χ4v) is 6.78. The summed E-state index contributed by atoms with van der Waals surface area (Å²) >= 11 is 0. The summed E-state index contributed by atoms with van der Waals surface area (Å²) in [5, 5.41) is 15.2. The Morgan fingerprint density at radius 3 is 2.36 bits per heavy atom. The Labute approximate surface area is 337 Å². The van der Waals surface area contributed by atoms with E-state index in [1.807, 2.05) is 0 Å². The van der Waals surface area contributed by atoms with E-state index in [-0.39, 0.29) is 66.8 Å². The number of amides is 1. The minimum Gasteiger partial charge on any atom is -0.480 e. The number of carboxylic acids is 1. The molecule has 24 heteroatoms. The first-order chi connectivity index (χ1) is 28.2. The van der Waals surface area contributed by atoms with Crippen LogP contribution in [0.4, 0.5) is 11.6 Å². The molecule has 2 heterocycles. The maximum Gasteiger partial charge on any atom is 0.697 e. The topological polar surface area (TPSA) is 309 Å². The molecule has 2 unspecified atom stereocenters. The van der Waals surface area contributed by atoms with Crippen molar-refractivity contribution < 1.29 is 65.5 Å². The summed E-state index contributed by atoms with van der Waals surface area (Å²) in [5.74, 6) is -4.37. The van der Waals surface area contributed by atoms with Crippen LogP contribution in [0.1, 0.15) is 60.0 Å². The minimum absolute atomic E-state index is 0.0166. The van der Waals surface area contributed by atoms with Crippen LogP contribution in [0, 0.1) is 0 Å². The van der Waals surface area contributed by atoms with Crippen LogP contribution >= 0.6 is 16.1 Å². The van der Waals surface area contributed by atoms with Gasteiger partial charge in [0, 0.05) is 22.2 Å². The van der Waals surface area contributed by atoms with Gasteiger partial charge in [0.2, 0.25) is 5.95 Å². The smallest absolute Gasteiger partial charge is 0.480 e. The van der Waals surface area contributed by atoms with Crippen LogP contribution in [-0.4, -0.2) is 94.0 Å². The van der Waals surface area contributed by atoms with Gasteiger partial charge in [0.05, 0.1) is 31.6 Å². The third-order valence-electron chi connectivity index (χ3n) is 7.53. The Morgan fingerprint density at radius 1 is 0.966 bits per heavy atom. The standard InChI is InChI=1S/C35H41N7O15P2/c1-4-52-58(49)53-20-24(57-59(50,54-5-2)55-6-3)19-51-34(48)25-9-7-8-10-27(25)56-28(43)16-15-26(33(46)47)40-31(44)21-11-13-22(14-12-21)37-17-23-18-38-30-29(39-23)32(45)42-35(36)41-30/h7-14,18,24,26H,4-6,15-17,19-20H2,1-3H3,(H5-,36,37,38,40,41,42,44,45,46,47)/p+1/t24?,26-/m1/s1. The van der Waals surface area contributed by atoms with Crippen LogP contribution in [0.2, 0.25) is 0 Å². The molecule has 2 aromatic carbocycles. The molecule has 0 spiro atoms. The van der Waals surface area contributed by atoms with E-state index in [9.17, 15) is 38.2 Å². The highest BCUT2D eigenvalue weighted by molar-refractivity contribution is 7.48. The number of hydrogen-bond acceptors (Lipinski definition) is 19. The summed E-state index contributed by atoms with van der Waals surface area (Å²) in [6, 6.07) is 10.1.